The van der Waals surface area contributed by atoms with Crippen LogP contribution in [0.5, 0.6) is 0 Å². The number of aromatic nitrogens is 2. The maximum atomic E-state index is 11.0. The summed E-state index contributed by atoms with van der Waals surface area (Å²) >= 11 is 0. The summed E-state index contributed by atoms with van der Waals surface area (Å²) in [6.45, 7) is 6.14. The van der Waals surface area contributed by atoms with Crippen molar-refractivity contribution in [1.29, 1.82) is 0 Å². The monoisotopic (exact) mass is 228 g/mol. The molecule has 0 aliphatic rings. The summed E-state index contributed by atoms with van der Waals surface area (Å²) < 4.78 is 1.92. The van der Waals surface area contributed by atoms with Crippen molar-refractivity contribution in [2.45, 2.75) is 26.8 Å². The van der Waals surface area contributed by atoms with Gasteiger partial charge in [0.05, 0.1) is 5.69 Å². The van der Waals surface area contributed by atoms with Crippen molar-refractivity contribution in [3.05, 3.63) is 41.7 Å². The van der Waals surface area contributed by atoms with Gasteiger partial charge in [-0.3, -0.25) is 9.48 Å². The lowest BCUT2D eigenvalue weighted by Crippen LogP contribution is -2.00. The number of carbonyl (C=O) groups excluding carboxylic acids is 1. The van der Waals surface area contributed by atoms with Gasteiger partial charge in [-0.1, -0.05) is 24.3 Å². The highest BCUT2D eigenvalue weighted by molar-refractivity contribution is 5.87. The van der Waals surface area contributed by atoms with Crippen LogP contribution in [0.1, 0.15) is 35.9 Å². The Hall–Kier alpha value is -1.90. The molecular weight excluding hydrogens is 212 g/mol. The topological polar surface area (TPSA) is 34.9 Å². The predicted octanol–water partition coefficient (Wildman–Crippen LogP) is 3.25. The first-order valence-electron chi connectivity index (χ1n) is 5.74. The molecule has 0 amide bonds. The van der Waals surface area contributed by atoms with Gasteiger partial charge < -0.3 is 0 Å². The van der Waals surface area contributed by atoms with E-state index in [2.05, 4.69) is 18.9 Å². The molecule has 0 aliphatic carbocycles. The van der Waals surface area contributed by atoms with Crippen molar-refractivity contribution in [1.82, 2.24) is 9.78 Å². The molecule has 1 aromatic carbocycles. The molecule has 0 bridgehead atoms. The van der Waals surface area contributed by atoms with Gasteiger partial charge >= 0.3 is 0 Å². The van der Waals surface area contributed by atoms with Crippen molar-refractivity contribution in [3.63, 3.8) is 0 Å². The van der Waals surface area contributed by atoms with Crippen LogP contribution in [-0.4, -0.2) is 16.1 Å². The highest BCUT2D eigenvalue weighted by Crippen LogP contribution is 2.26. The maximum Gasteiger partial charge on any atom is 0.150 e. The van der Waals surface area contributed by atoms with E-state index in [0.717, 1.165) is 23.1 Å². The van der Waals surface area contributed by atoms with Crippen molar-refractivity contribution in [2.24, 2.45) is 0 Å². The van der Waals surface area contributed by atoms with Gasteiger partial charge in [-0.2, -0.15) is 5.10 Å². The van der Waals surface area contributed by atoms with Crippen LogP contribution in [-0.2, 0) is 0 Å². The SMILES string of the molecule is Cc1nn(C(C)C)cc1-c1ccccc1C=O. The molecule has 0 radical (unpaired) electrons. The Morgan fingerprint density at radius 1 is 1.24 bits per heavy atom. The summed E-state index contributed by atoms with van der Waals surface area (Å²) in [6.07, 6.45) is 2.89. The fourth-order valence-corrected chi connectivity index (χ4v) is 1.86. The summed E-state index contributed by atoms with van der Waals surface area (Å²) in [4.78, 5) is 11.0. The largest absolute Gasteiger partial charge is 0.298 e. The zero-order valence-electron chi connectivity index (χ0n) is 10.3. The summed E-state index contributed by atoms with van der Waals surface area (Å²) in [5.41, 5.74) is 3.64. The van der Waals surface area contributed by atoms with Crippen LogP contribution in [0.2, 0.25) is 0 Å². The number of nitrogens with zero attached hydrogens (tertiary/aromatic N) is 2. The van der Waals surface area contributed by atoms with Gasteiger partial charge in [-0.15, -0.1) is 0 Å². The second-order valence-corrected chi connectivity index (χ2v) is 4.41. The molecule has 3 nitrogen and oxygen atoms in total. The van der Waals surface area contributed by atoms with Gasteiger partial charge in [0.1, 0.15) is 0 Å². The average Bonchev–Trinajstić information content (AvgIpc) is 2.71. The summed E-state index contributed by atoms with van der Waals surface area (Å²) in [7, 11) is 0. The van der Waals surface area contributed by atoms with E-state index in [4.69, 9.17) is 0 Å². The van der Waals surface area contributed by atoms with E-state index in [1.54, 1.807) is 0 Å². The van der Waals surface area contributed by atoms with Crippen molar-refractivity contribution >= 4 is 6.29 Å². The molecule has 0 saturated carbocycles. The molecule has 3 heteroatoms. The molecule has 2 aromatic rings. The van der Waals surface area contributed by atoms with Gasteiger partial charge in [0.25, 0.3) is 0 Å². The Labute approximate surface area is 101 Å². The minimum absolute atomic E-state index is 0.325. The van der Waals surface area contributed by atoms with Crippen LogP contribution in [0.15, 0.2) is 30.5 Å². The molecule has 1 aromatic heterocycles. The average molecular weight is 228 g/mol. The number of benzene rings is 1. The minimum Gasteiger partial charge on any atom is -0.298 e. The molecular formula is C14H16N2O. The third-order valence-electron chi connectivity index (χ3n) is 2.82. The second-order valence-electron chi connectivity index (χ2n) is 4.41. The zero-order valence-corrected chi connectivity index (χ0v) is 10.3. The van der Waals surface area contributed by atoms with Crippen LogP contribution in [0.3, 0.4) is 0 Å². The van der Waals surface area contributed by atoms with E-state index in [9.17, 15) is 4.79 Å². The van der Waals surface area contributed by atoms with Crippen LogP contribution < -0.4 is 0 Å². The van der Waals surface area contributed by atoms with Gasteiger partial charge in [-0.25, -0.2) is 0 Å². The predicted molar refractivity (Wildman–Crippen MR) is 68.2 cm³/mol. The molecule has 0 spiro atoms. The second kappa shape index (κ2) is 4.53. The lowest BCUT2D eigenvalue weighted by Gasteiger charge is -2.04. The lowest BCUT2D eigenvalue weighted by atomic mass is 10.0. The smallest absolute Gasteiger partial charge is 0.150 e. The highest BCUT2D eigenvalue weighted by Gasteiger charge is 2.11. The van der Waals surface area contributed by atoms with Crippen molar-refractivity contribution in [2.75, 3.05) is 0 Å². The summed E-state index contributed by atoms with van der Waals surface area (Å²) in [5, 5.41) is 4.46. The van der Waals surface area contributed by atoms with Crippen LogP contribution in [0, 0.1) is 6.92 Å². The number of aldehydes is 1. The van der Waals surface area contributed by atoms with Gasteiger partial charge in [0.15, 0.2) is 6.29 Å². The van der Waals surface area contributed by atoms with Crippen LogP contribution in [0.25, 0.3) is 11.1 Å². The summed E-state index contributed by atoms with van der Waals surface area (Å²) in [5.74, 6) is 0. The van der Waals surface area contributed by atoms with Gasteiger partial charge in [0.2, 0.25) is 0 Å². The Morgan fingerprint density at radius 3 is 2.53 bits per heavy atom. The number of aryl methyl sites for hydroxylation is 1. The fourth-order valence-electron chi connectivity index (χ4n) is 1.86. The molecule has 0 N–H and O–H groups in total. The molecule has 17 heavy (non-hydrogen) atoms. The van der Waals surface area contributed by atoms with Crippen molar-refractivity contribution in [3.8, 4) is 11.1 Å². The molecule has 0 fully saturated rings. The lowest BCUT2D eigenvalue weighted by molar-refractivity contribution is 0.112. The number of rotatable bonds is 3. The van der Waals surface area contributed by atoms with E-state index in [-0.39, 0.29) is 0 Å². The number of hydrogen-bond acceptors (Lipinski definition) is 2. The Kier molecular flexibility index (Phi) is 3.09. The standard InChI is InChI=1S/C14H16N2O/c1-10(2)16-8-14(11(3)15-16)13-7-5-4-6-12(13)9-17/h4-10H,1-3H3. The molecule has 0 unspecified atom stereocenters. The third-order valence-corrected chi connectivity index (χ3v) is 2.82. The van der Waals surface area contributed by atoms with E-state index in [1.807, 2.05) is 42.1 Å². The highest BCUT2D eigenvalue weighted by atomic mass is 16.1. The van der Waals surface area contributed by atoms with Crippen LogP contribution >= 0.6 is 0 Å². The quantitative estimate of drug-likeness (QED) is 0.756. The molecule has 88 valence electrons. The third kappa shape index (κ3) is 2.13. The fraction of sp³-hybridized carbons (Fsp3) is 0.286. The zero-order chi connectivity index (χ0) is 12.4. The van der Waals surface area contributed by atoms with E-state index < -0.39 is 0 Å². The number of carbonyl (C=O) groups is 1. The Bertz CT molecular complexity index is 541. The molecule has 0 saturated heterocycles. The molecule has 0 atom stereocenters. The van der Waals surface area contributed by atoms with E-state index >= 15 is 0 Å². The first-order chi connectivity index (χ1) is 8.13. The Balaban J connectivity index is 2.56. The van der Waals surface area contributed by atoms with Gasteiger partial charge in [-0.05, 0) is 26.3 Å². The van der Waals surface area contributed by atoms with Crippen molar-refractivity contribution < 1.29 is 4.79 Å². The maximum absolute atomic E-state index is 11.0. The minimum atomic E-state index is 0.325. The summed E-state index contributed by atoms with van der Waals surface area (Å²) in [6, 6.07) is 7.92. The van der Waals surface area contributed by atoms with E-state index in [0.29, 0.717) is 11.6 Å². The molecule has 2 rings (SSSR count). The van der Waals surface area contributed by atoms with E-state index in [1.165, 1.54) is 0 Å². The normalized spacial score (nSPS) is 10.8. The molecule has 1 heterocycles. The first-order valence-corrected chi connectivity index (χ1v) is 5.74. The molecule has 0 aliphatic heterocycles. The number of hydrogen-bond donors (Lipinski definition) is 0. The van der Waals surface area contributed by atoms with Crippen LogP contribution in [0.4, 0.5) is 0 Å². The van der Waals surface area contributed by atoms with Gasteiger partial charge in [0, 0.05) is 23.4 Å². The Morgan fingerprint density at radius 2 is 1.94 bits per heavy atom. The first kappa shape index (κ1) is 11.6.